The molecule has 1 fully saturated rings. The van der Waals surface area contributed by atoms with E-state index in [4.69, 9.17) is 21.7 Å². The van der Waals surface area contributed by atoms with Gasteiger partial charge in [-0.3, -0.25) is 9.69 Å². The number of anilines is 1. The van der Waals surface area contributed by atoms with Crippen LogP contribution in [0.15, 0.2) is 88.2 Å². The molecule has 8 heteroatoms. The smallest absolute Gasteiger partial charge is 0.270 e. The molecule has 0 radical (unpaired) electrons. The zero-order chi connectivity index (χ0) is 25.9. The Bertz CT molecular complexity index is 1550. The summed E-state index contributed by atoms with van der Waals surface area (Å²) in [5.74, 6) is 1.19. The van der Waals surface area contributed by atoms with E-state index in [9.17, 15) is 4.79 Å². The van der Waals surface area contributed by atoms with Crippen LogP contribution in [-0.4, -0.2) is 16.8 Å². The van der Waals surface area contributed by atoms with Crippen LogP contribution < -0.4 is 14.4 Å². The van der Waals surface area contributed by atoms with Crippen molar-refractivity contribution in [2.24, 2.45) is 0 Å². The maximum Gasteiger partial charge on any atom is 0.270 e. The predicted octanol–water partition coefficient (Wildman–Crippen LogP) is 8.59. The molecule has 0 bridgehead atoms. The summed E-state index contributed by atoms with van der Waals surface area (Å²) in [7, 11) is 0. The highest BCUT2D eigenvalue weighted by Crippen LogP contribution is 2.39. The first-order valence-corrected chi connectivity index (χ1v) is 14.6. The molecule has 5 rings (SSSR count). The van der Waals surface area contributed by atoms with Crippen molar-refractivity contribution >= 4 is 95.3 Å². The van der Waals surface area contributed by atoms with Gasteiger partial charge in [0.15, 0.2) is 15.8 Å². The largest absolute Gasteiger partial charge is 0.490 e. The fraction of sp³-hybridized carbons (Fsp3) is 0.103. The molecule has 0 spiro atoms. The molecule has 0 atom stereocenters. The Balaban J connectivity index is 1.42. The van der Waals surface area contributed by atoms with E-state index in [-0.39, 0.29) is 5.91 Å². The van der Waals surface area contributed by atoms with Gasteiger partial charge in [0.1, 0.15) is 6.61 Å². The summed E-state index contributed by atoms with van der Waals surface area (Å²) in [6.07, 6.45) is 1.86. The van der Waals surface area contributed by atoms with Gasteiger partial charge in [0.2, 0.25) is 0 Å². The van der Waals surface area contributed by atoms with Crippen LogP contribution in [0, 0.1) is 3.57 Å². The van der Waals surface area contributed by atoms with Gasteiger partial charge >= 0.3 is 0 Å². The van der Waals surface area contributed by atoms with Crippen molar-refractivity contribution in [1.82, 2.24) is 0 Å². The first-order chi connectivity index (χ1) is 17.9. The average molecular weight is 702 g/mol. The normalized spacial score (nSPS) is 14.6. The number of halogens is 2. The summed E-state index contributed by atoms with van der Waals surface area (Å²) in [4.78, 5) is 15.4. The van der Waals surface area contributed by atoms with Crippen molar-refractivity contribution in [2.45, 2.75) is 13.5 Å². The number of nitrogens with zero attached hydrogens (tertiary/aromatic N) is 1. The van der Waals surface area contributed by atoms with E-state index in [1.54, 1.807) is 4.90 Å². The molecule has 4 aromatic carbocycles. The summed E-state index contributed by atoms with van der Waals surface area (Å²) in [5, 5.41) is 2.35. The van der Waals surface area contributed by atoms with Gasteiger partial charge in [-0.1, -0.05) is 88.4 Å². The number of thiocarbonyl (C=S) groups is 1. The van der Waals surface area contributed by atoms with Gasteiger partial charge in [-0.15, -0.1) is 0 Å². The number of ether oxygens (including phenoxy) is 2. The molecule has 0 N–H and O–H groups in total. The molecule has 37 heavy (non-hydrogen) atoms. The second-order valence-corrected chi connectivity index (χ2v) is 11.9. The number of rotatable bonds is 7. The number of fused-ring (bicyclic) bond motifs is 1. The third-order valence-corrected chi connectivity index (χ3v) is 8.34. The lowest BCUT2D eigenvalue weighted by Gasteiger charge is -2.16. The second kappa shape index (κ2) is 11.6. The molecule has 4 aromatic rings. The Morgan fingerprint density at radius 3 is 2.62 bits per heavy atom. The van der Waals surface area contributed by atoms with Crippen molar-refractivity contribution in [2.75, 3.05) is 11.5 Å². The van der Waals surface area contributed by atoms with Crippen LogP contribution in [0.2, 0.25) is 0 Å². The Labute approximate surface area is 247 Å². The lowest BCUT2D eigenvalue weighted by atomic mass is 10.1. The zero-order valence-corrected chi connectivity index (χ0v) is 25.1. The highest BCUT2D eigenvalue weighted by Gasteiger charge is 2.33. The maximum atomic E-state index is 13.2. The quantitative estimate of drug-likeness (QED) is 0.110. The topological polar surface area (TPSA) is 38.8 Å². The molecule has 1 aliphatic rings. The minimum absolute atomic E-state index is 0.141. The number of thioether (sulfide) groups is 1. The first-order valence-electron chi connectivity index (χ1n) is 11.5. The Morgan fingerprint density at radius 1 is 1.03 bits per heavy atom. The minimum Gasteiger partial charge on any atom is -0.490 e. The maximum absolute atomic E-state index is 13.2. The molecule has 186 valence electrons. The lowest BCUT2D eigenvalue weighted by Crippen LogP contribution is -2.27. The molecule has 1 heterocycles. The highest BCUT2D eigenvalue weighted by atomic mass is 127. The van der Waals surface area contributed by atoms with Gasteiger partial charge in [0, 0.05) is 4.47 Å². The van der Waals surface area contributed by atoms with Crippen LogP contribution in [0.1, 0.15) is 18.1 Å². The molecule has 4 nitrogen and oxygen atoms in total. The zero-order valence-electron chi connectivity index (χ0n) is 19.7. The molecule has 0 saturated carbocycles. The van der Waals surface area contributed by atoms with E-state index < -0.39 is 0 Å². The summed E-state index contributed by atoms with van der Waals surface area (Å²) in [6, 6.07) is 26.0. The van der Waals surface area contributed by atoms with E-state index >= 15 is 0 Å². The first kappa shape index (κ1) is 26.2. The molecule has 0 aromatic heterocycles. The molecule has 1 amide bonds. The number of carbonyl (C=O) groups is 1. The van der Waals surface area contributed by atoms with Gasteiger partial charge < -0.3 is 9.47 Å². The third kappa shape index (κ3) is 5.72. The van der Waals surface area contributed by atoms with Crippen molar-refractivity contribution < 1.29 is 14.3 Å². The highest BCUT2D eigenvalue weighted by molar-refractivity contribution is 14.1. The molecule has 0 aliphatic carbocycles. The summed E-state index contributed by atoms with van der Waals surface area (Å²) in [5.41, 5.74) is 2.69. The van der Waals surface area contributed by atoms with Crippen LogP contribution >= 0.6 is 62.5 Å². The third-order valence-electron chi connectivity index (χ3n) is 5.74. The molecular weight excluding hydrogens is 681 g/mol. The molecule has 1 aliphatic heterocycles. The van der Waals surface area contributed by atoms with Gasteiger partial charge in [0.05, 0.1) is 20.8 Å². The van der Waals surface area contributed by atoms with Crippen LogP contribution in [-0.2, 0) is 11.4 Å². The Morgan fingerprint density at radius 2 is 1.81 bits per heavy atom. The SMILES string of the molecule is CCOc1cc(/C=C2/SC(=S)N(c3cccc(Br)c3)C2=O)cc(I)c1OCc1cccc2ccccc12. The fourth-order valence-corrected chi connectivity index (χ4v) is 6.57. The van der Waals surface area contributed by atoms with Crippen LogP contribution in [0.3, 0.4) is 0 Å². The number of hydrogen-bond donors (Lipinski definition) is 0. The van der Waals surface area contributed by atoms with Crippen molar-refractivity contribution in [3.05, 3.63) is 103 Å². The average Bonchev–Trinajstić information content (AvgIpc) is 3.16. The van der Waals surface area contributed by atoms with E-state index in [1.165, 1.54) is 22.5 Å². The summed E-state index contributed by atoms with van der Waals surface area (Å²) < 4.78 is 14.6. The van der Waals surface area contributed by atoms with E-state index in [2.05, 4.69) is 62.8 Å². The molecular formula is C29H21BrINO3S2. The number of hydrogen-bond acceptors (Lipinski definition) is 5. The predicted molar refractivity (Wildman–Crippen MR) is 168 cm³/mol. The Kier molecular flexibility index (Phi) is 8.18. The van der Waals surface area contributed by atoms with Crippen LogP contribution in [0.4, 0.5) is 5.69 Å². The monoisotopic (exact) mass is 701 g/mol. The van der Waals surface area contributed by atoms with Crippen molar-refractivity contribution in [1.29, 1.82) is 0 Å². The number of amides is 1. The summed E-state index contributed by atoms with van der Waals surface area (Å²) in [6.45, 7) is 2.86. The standard InChI is InChI=1S/C29H21BrINO3S2/c1-2-34-25-14-18(15-26-28(33)32(29(36)37-26)22-11-6-10-21(30)16-22)13-24(31)27(25)35-17-20-9-5-8-19-7-3-4-12-23(19)20/h3-16H,2,17H2,1H3/b26-15+. The van der Waals surface area contributed by atoms with E-state index in [0.29, 0.717) is 33.9 Å². The fourth-order valence-electron chi connectivity index (χ4n) is 4.10. The second-order valence-electron chi connectivity index (χ2n) is 8.19. The van der Waals surface area contributed by atoms with E-state index in [0.717, 1.165) is 24.9 Å². The number of carbonyl (C=O) groups excluding carboxylic acids is 1. The molecule has 0 unspecified atom stereocenters. The Hall–Kier alpha value is -2.40. The van der Waals surface area contributed by atoms with Gasteiger partial charge in [-0.2, -0.15) is 0 Å². The van der Waals surface area contributed by atoms with Gasteiger partial charge in [0.25, 0.3) is 5.91 Å². The van der Waals surface area contributed by atoms with Gasteiger partial charge in [-0.05, 0) is 87.8 Å². The minimum atomic E-state index is -0.141. The van der Waals surface area contributed by atoms with Crippen molar-refractivity contribution in [3.8, 4) is 11.5 Å². The number of benzene rings is 4. The summed E-state index contributed by atoms with van der Waals surface area (Å²) >= 11 is 12.5. The lowest BCUT2D eigenvalue weighted by molar-refractivity contribution is -0.113. The molecule has 1 saturated heterocycles. The van der Waals surface area contributed by atoms with Crippen LogP contribution in [0.5, 0.6) is 11.5 Å². The van der Waals surface area contributed by atoms with Gasteiger partial charge in [-0.25, -0.2) is 0 Å². The van der Waals surface area contributed by atoms with Crippen molar-refractivity contribution in [3.63, 3.8) is 0 Å². The van der Waals surface area contributed by atoms with E-state index in [1.807, 2.05) is 67.6 Å². The van der Waals surface area contributed by atoms with Crippen LogP contribution in [0.25, 0.3) is 16.8 Å².